The zero-order chi connectivity index (χ0) is 10.7. The van der Waals surface area contributed by atoms with Crippen molar-refractivity contribution in [2.75, 3.05) is 20.1 Å². The Morgan fingerprint density at radius 3 is 2.87 bits per heavy atom. The van der Waals surface area contributed by atoms with Crippen molar-refractivity contribution >= 4 is 6.29 Å². The Labute approximate surface area is 88.5 Å². The Balaban J connectivity index is 1.88. The van der Waals surface area contributed by atoms with Gasteiger partial charge in [-0.3, -0.25) is 4.79 Å². The minimum Gasteiger partial charge on any atom is -0.331 e. The van der Waals surface area contributed by atoms with Crippen LogP contribution in [0.15, 0.2) is 4.52 Å². The van der Waals surface area contributed by atoms with Crippen LogP contribution in [0.4, 0.5) is 0 Å². The summed E-state index contributed by atoms with van der Waals surface area (Å²) in [5.74, 6) is 1.36. The van der Waals surface area contributed by atoms with Gasteiger partial charge in [-0.15, -0.1) is 0 Å². The van der Waals surface area contributed by atoms with Crippen LogP contribution in [-0.2, 0) is 6.42 Å². The standard InChI is InChI=1S/C10H15N3O2/c1-13-4-2-8(3-5-13)6-9-11-10(7-14)15-12-9/h7-8H,2-6H2,1H3. The third-order valence-electron chi connectivity index (χ3n) is 2.89. The number of carbonyl (C=O) groups is 1. The predicted octanol–water partition coefficient (Wildman–Crippen LogP) is 0.766. The minimum absolute atomic E-state index is 0.0814. The second-order valence-corrected chi connectivity index (χ2v) is 4.12. The number of hydrogen-bond donors (Lipinski definition) is 0. The van der Waals surface area contributed by atoms with Gasteiger partial charge in [-0.05, 0) is 38.9 Å². The van der Waals surface area contributed by atoms with E-state index in [-0.39, 0.29) is 5.89 Å². The third-order valence-corrected chi connectivity index (χ3v) is 2.89. The monoisotopic (exact) mass is 209 g/mol. The van der Waals surface area contributed by atoms with Crippen LogP contribution in [-0.4, -0.2) is 41.5 Å². The zero-order valence-electron chi connectivity index (χ0n) is 8.85. The molecule has 1 saturated heterocycles. The fourth-order valence-corrected chi connectivity index (χ4v) is 1.92. The molecule has 0 bridgehead atoms. The van der Waals surface area contributed by atoms with E-state index in [0.717, 1.165) is 19.5 Å². The molecule has 0 N–H and O–H groups in total. The number of aldehydes is 1. The molecule has 0 unspecified atom stereocenters. The lowest BCUT2D eigenvalue weighted by Gasteiger charge is -2.27. The van der Waals surface area contributed by atoms with Gasteiger partial charge in [-0.25, -0.2) is 0 Å². The highest BCUT2D eigenvalue weighted by Crippen LogP contribution is 2.19. The van der Waals surface area contributed by atoms with Gasteiger partial charge in [0.2, 0.25) is 6.29 Å². The van der Waals surface area contributed by atoms with E-state index in [1.807, 2.05) is 0 Å². The van der Waals surface area contributed by atoms with Crippen molar-refractivity contribution in [1.29, 1.82) is 0 Å². The molecule has 0 spiro atoms. The Bertz CT molecular complexity index is 329. The number of likely N-dealkylation sites (tertiary alicyclic amines) is 1. The molecule has 2 rings (SSSR count). The summed E-state index contributed by atoms with van der Waals surface area (Å²) >= 11 is 0. The molecule has 1 aliphatic heterocycles. The number of nitrogens with zero attached hydrogens (tertiary/aromatic N) is 3. The van der Waals surface area contributed by atoms with Crippen molar-refractivity contribution in [3.63, 3.8) is 0 Å². The van der Waals surface area contributed by atoms with Gasteiger partial charge in [0.15, 0.2) is 5.82 Å². The summed E-state index contributed by atoms with van der Waals surface area (Å²) in [5.41, 5.74) is 0. The first-order valence-corrected chi connectivity index (χ1v) is 5.24. The summed E-state index contributed by atoms with van der Waals surface area (Å²) < 4.78 is 4.74. The Kier molecular flexibility index (Phi) is 3.11. The molecule has 1 aliphatic rings. The first kappa shape index (κ1) is 10.3. The van der Waals surface area contributed by atoms with Crippen molar-refractivity contribution in [1.82, 2.24) is 15.0 Å². The van der Waals surface area contributed by atoms with E-state index < -0.39 is 0 Å². The normalized spacial score (nSPS) is 19.3. The third kappa shape index (κ3) is 2.62. The second kappa shape index (κ2) is 4.53. The van der Waals surface area contributed by atoms with Crippen molar-refractivity contribution < 1.29 is 9.32 Å². The van der Waals surface area contributed by atoms with E-state index in [1.54, 1.807) is 0 Å². The lowest BCUT2D eigenvalue weighted by atomic mass is 9.94. The van der Waals surface area contributed by atoms with Crippen molar-refractivity contribution in [3.05, 3.63) is 11.7 Å². The summed E-state index contributed by atoms with van der Waals surface area (Å²) in [7, 11) is 2.13. The smallest absolute Gasteiger partial charge is 0.290 e. The predicted molar refractivity (Wildman–Crippen MR) is 53.6 cm³/mol. The Morgan fingerprint density at radius 1 is 1.53 bits per heavy atom. The maximum absolute atomic E-state index is 10.4. The molecule has 1 aromatic rings. The SMILES string of the molecule is CN1CCC(Cc2noc(C=O)n2)CC1. The molecule has 1 aromatic heterocycles. The van der Waals surface area contributed by atoms with Gasteiger partial charge in [0.25, 0.3) is 5.89 Å². The first-order chi connectivity index (χ1) is 7.28. The minimum atomic E-state index is 0.0814. The van der Waals surface area contributed by atoms with E-state index in [9.17, 15) is 4.79 Å². The zero-order valence-corrected chi connectivity index (χ0v) is 8.85. The molecule has 0 aliphatic carbocycles. The van der Waals surface area contributed by atoms with Crippen molar-refractivity contribution in [2.24, 2.45) is 5.92 Å². The Hall–Kier alpha value is -1.23. The highest BCUT2D eigenvalue weighted by atomic mass is 16.5. The van der Waals surface area contributed by atoms with Crippen LogP contribution in [0.25, 0.3) is 0 Å². The van der Waals surface area contributed by atoms with Crippen LogP contribution >= 0.6 is 0 Å². The van der Waals surface area contributed by atoms with E-state index >= 15 is 0 Å². The topological polar surface area (TPSA) is 59.2 Å². The van der Waals surface area contributed by atoms with E-state index in [0.29, 0.717) is 18.0 Å². The van der Waals surface area contributed by atoms with Gasteiger partial charge in [-0.1, -0.05) is 5.16 Å². The molecule has 0 atom stereocenters. The fourth-order valence-electron chi connectivity index (χ4n) is 1.92. The Morgan fingerprint density at radius 2 is 2.27 bits per heavy atom. The summed E-state index contributed by atoms with van der Waals surface area (Å²) in [6, 6.07) is 0. The molecule has 2 heterocycles. The summed E-state index contributed by atoms with van der Waals surface area (Å²) in [6.45, 7) is 2.26. The van der Waals surface area contributed by atoms with Crippen LogP contribution in [0.3, 0.4) is 0 Å². The highest BCUT2D eigenvalue weighted by molar-refractivity contribution is 5.66. The average molecular weight is 209 g/mol. The number of aromatic nitrogens is 2. The molecule has 0 aromatic carbocycles. The second-order valence-electron chi connectivity index (χ2n) is 4.12. The molecular formula is C10H15N3O2. The molecule has 5 nitrogen and oxygen atoms in total. The van der Waals surface area contributed by atoms with Gasteiger partial charge in [-0.2, -0.15) is 4.98 Å². The molecule has 15 heavy (non-hydrogen) atoms. The van der Waals surface area contributed by atoms with Crippen LogP contribution < -0.4 is 0 Å². The maximum atomic E-state index is 10.4. The number of carbonyl (C=O) groups excluding carboxylic acids is 1. The van der Waals surface area contributed by atoms with Crippen LogP contribution in [0.1, 0.15) is 29.4 Å². The number of rotatable bonds is 3. The molecule has 5 heteroatoms. The lowest BCUT2D eigenvalue weighted by molar-refractivity contribution is 0.108. The van der Waals surface area contributed by atoms with Crippen LogP contribution in [0.5, 0.6) is 0 Å². The van der Waals surface area contributed by atoms with Gasteiger partial charge in [0.05, 0.1) is 0 Å². The van der Waals surface area contributed by atoms with Gasteiger partial charge < -0.3 is 9.42 Å². The number of piperidine rings is 1. The summed E-state index contributed by atoms with van der Waals surface area (Å²) in [4.78, 5) is 16.7. The number of hydrogen-bond acceptors (Lipinski definition) is 5. The summed E-state index contributed by atoms with van der Waals surface area (Å²) in [6.07, 6.45) is 3.75. The summed E-state index contributed by atoms with van der Waals surface area (Å²) in [5, 5.41) is 3.77. The molecule has 82 valence electrons. The van der Waals surface area contributed by atoms with Crippen molar-refractivity contribution in [2.45, 2.75) is 19.3 Å². The van der Waals surface area contributed by atoms with Crippen LogP contribution in [0.2, 0.25) is 0 Å². The van der Waals surface area contributed by atoms with Crippen LogP contribution in [0, 0.1) is 5.92 Å². The maximum Gasteiger partial charge on any atom is 0.290 e. The molecule has 0 radical (unpaired) electrons. The van der Waals surface area contributed by atoms with Gasteiger partial charge in [0, 0.05) is 6.42 Å². The first-order valence-electron chi connectivity index (χ1n) is 5.24. The molecular weight excluding hydrogens is 194 g/mol. The molecule has 1 fully saturated rings. The van der Waals surface area contributed by atoms with E-state index in [4.69, 9.17) is 4.52 Å². The quantitative estimate of drug-likeness (QED) is 0.688. The largest absolute Gasteiger partial charge is 0.331 e. The lowest BCUT2D eigenvalue weighted by Crippen LogP contribution is -2.31. The van der Waals surface area contributed by atoms with E-state index in [2.05, 4.69) is 22.1 Å². The molecule has 0 amide bonds. The molecule has 0 saturated carbocycles. The van der Waals surface area contributed by atoms with Gasteiger partial charge in [0.1, 0.15) is 0 Å². The average Bonchev–Trinajstić information content (AvgIpc) is 2.69. The van der Waals surface area contributed by atoms with Crippen molar-refractivity contribution in [3.8, 4) is 0 Å². The van der Waals surface area contributed by atoms with E-state index in [1.165, 1.54) is 12.8 Å². The van der Waals surface area contributed by atoms with Gasteiger partial charge >= 0.3 is 0 Å². The highest BCUT2D eigenvalue weighted by Gasteiger charge is 2.19. The fraction of sp³-hybridized carbons (Fsp3) is 0.700.